The van der Waals surface area contributed by atoms with Gasteiger partial charge in [0.2, 0.25) is 70.9 Å². The highest BCUT2D eigenvalue weighted by molar-refractivity contribution is 6.31. The lowest BCUT2D eigenvalue weighted by Crippen LogP contribution is -2.65. The fraction of sp³-hybridized carbons (Fsp3) is 0.649. The van der Waals surface area contributed by atoms with Crippen molar-refractivity contribution in [1.29, 1.82) is 0 Å². The average Bonchev–Trinajstić information content (AvgIpc) is 1.35. The van der Waals surface area contributed by atoms with Crippen molar-refractivity contribution in [1.82, 2.24) is 60.0 Å². The van der Waals surface area contributed by atoms with Crippen LogP contribution < -0.4 is 16.0 Å². The first-order valence-corrected chi connectivity index (χ1v) is 36.1. The van der Waals surface area contributed by atoms with Crippen LogP contribution in [-0.2, 0) is 76.6 Å². The minimum Gasteiger partial charge on any atom is -0.347 e. The number of carbonyl (C=O) groups excluding carboxylic acids is 12. The summed E-state index contributed by atoms with van der Waals surface area (Å²) in [5.74, 6) is -9.24. The first kappa shape index (κ1) is 81.2. The molecule has 2 aromatic carbocycles. The number of hydrogen-bond acceptors (Lipinski definition) is 12. The van der Waals surface area contributed by atoms with Crippen LogP contribution in [0.3, 0.4) is 0 Å². The third kappa shape index (κ3) is 19.4. The number of benzene rings is 2. The standard InChI is InChI=1S/C74H106ClF3N12O12/c1-15-47(6)62-70(100)84(10)43-61(93)86(12)56-38-46(5)32-36-90(69(56)99)58(40-49-26-24-45(4)25-27-49)68(98)83(9)42-59(91)79-53(31-29-48-28-30-51(52(75)39-48)74(76,77)78)66(96)89-35-20-23-54(89)65(95)81-73(33-18-19-34-73)72(102)88(14)63(50-21-16-17-22-50)71(101)87(13)57(67(97)82(7)8)41-60(92)85(11)55(37-44(2)3)64(94)80-62/h24-28,30,32,39,44,47,50,53-58,62-63H,15-23,29,31,33-38,40-43H2,1-14H3,(H,79,91)(H,80,94)(H,81,95)/t47-,53-,54+,55-,56-,57-,58-,62-,63-/m0/s1. The molecule has 24 nitrogen and oxygen atoms in total. The Kier molecular flexibility index (Phi) is 27.8. The summed E-state index contributed by atoms with van der Waals surface area (Å²) >= 11 is 6.17. The highest BCUT2D eigenvalue weighted by atomic mass is 35.5. The number of alkyl halides is 3. The maximum Gasteiger partial charge on any atom is 0.417 e. The molecule has 102 heavy (non-hydrogen) atoms. The zero-order valence-electron chi connectivity index (χ0n) is 61.8. The average molecular weight is 1450 g/mol. The van der Waals surface area contributed by atoms with Gasteiger partial charge in [-0.15, -0.1) is 0 Å². The molecule has 2 aliphatic carbocycles. The molecule has 1 spiro atoms. The van der Waals surface area contributed by atoms with Gasteiger partial charge in [0.25, 0.3) is 0 Å². The molecule has 3 N–H and O–H groups in total. The number of carbonyl (C=O) groups is 12. The third-order valence-corrected chi connectivity index (χ3v) is 21.8. The molecule has 7 rings (SSSR count). The molecule has 0 aromatic heterocycles. The Hall–Kier alpha value is -8.10. The van der Waals surface area contributed by atoms with E-state index < -0.39 is 173 Å². The lowest BCUT2D eigenvalue weighted by atomic mass is 9.90. The molecule has 2 saturated heterocycles. The van der Waals surface area contributed by atoms with E-state index in [0.717, 1.165) is 40.3 Å². The molecule has 0 unspecified atom stereocenters. The second-order valence-corrected chi connectivity index (χ2v) is 30.0. The first-order valence-electron chi connectivity index (χ1n) is 35.8. The second-order valence-electron chi connectivity index (χ2n) is 29.6. The maximum absolute atomic E-state index is 15.6. The van der Waals surface area contributed by atoms with E-state index in [2.05, 4.69) is 16.0 Å². The van der Waals surface area contributed by atoms with E-state index in [9.17, 15) is 41.9 Å². The van der Waals surface area contributed by atoms with Crippen molar-refractivity contribution >= 4 is 82.5 Å². The fourth-order valence-corrected chi connectivity index (χ4v) is 15.3. The van der Waals surface area contributed by atoms with Crippen LogP contribution in [0.1, 0.15) is 153 Å². The summed E-state index contributed by atoms with van der Waals surface area (Å²) in [6.45, 7) is 9.63. The predicted molar refractivity (Wildman–Crippen MR) is 377 cm³/mol. The van der Waals surface area contributed by atoms with Crippen molar-refractivity contribution in [3.63, 3.8) is 0 Å². The van der Waals surface area contributed by atoms with Gasteiger partial charge >= 0.3 is 6.18 Å². The van der Waals surface area contributed by atoms with Crippen molar-refractivity contribution in [2.45, 2.75) is 211 Å². The van der Waals surface area contributed by atoms with E-state index in [4.69, 9.17) is 11.6 Å². The SMILES string of the molecule is CC[C@H](C)[C@@H]1NC(=O)[C@H](CC(C)C)N(C)C(=O)C[C@@H](C(=O)N(C)C)N(C)C(=O)[C@H](C2CCCC2)N(C)C(=O)C2(CCCC2)NC(=O)[C@H]2CCCN2C(=O)[C@H](CCc2ccc(C(F)(F)F)c(Cl)c2)NC(=O)CN(C)C(=O)[C@H](Cc2ccc(C)cc2)N2CC=C(C)C[C@@H](C2=O)N(C)C(=O)CN(C)C1=O. The van der Waals surface area contributed by atoms with Crippen LogP contribution in [0, 0.1) is 24.7 Å². The van der Waals surface area contributed by atoms with Gasteiger partial charge in [0.15, 0.2) is 0 Å². The summed E-state index contributed by atoms with van der Waals surface area (Å²) in [4.78, 5) is 192. The van der Waals surface area contributed by atoms with Crippen molar-refractivity contribution < 1.29 is 70.7 Å². The van der Waals surface area contributed by atoms with Crippen molar-refractivity contribution in [2.75, 3.05) is 82.6 Å². The molecular formula is C74H106ClF3N12O12. The Balaban J connectivity index is 1.32. The number of halogens is 4. The molecule has 12 amide bonds. The van der Waals surface area contributed by atoms with Crippen LogP contribution in [0.15, 0.2) is 54.1 Å². The second kappa shape index (κ2) is 34.9. The zero-order valence-corrected chi connectivity index (χ0v) is 62.5. The van der Waals surface area contributed by atoms with E-state index in [1.807, 2.05) is 39.8 Å². The Bertz CT molecular complexity index is 3470. The van der Waals surface area contributed by atoms with E-state index in [1.54, 1.807) is 32.1 Å². The Morgan fingerprint density at radius 1 is 0.667 bits per heavy atom. The monoisotopic (exact) mass is 1450 g/mol. The Morgan fingerprint density at radius 2 is 1.29 bits per heavy atom. The molecule has 2 bridgehead atoms. The smallest absolute Gasteiger partial charge is 0.347 e. The number of fused-ring (bicyclic) bond motifs is 3. The van der Waals surface area contributed by atoms with Crippen LogP contribution in [0.25, 0.3) is 0 Å². The summed E-state index contributed by atoms with van der Waals surface area (Å²) < 4.78 is 41.8. The molecule has 0 radical (unpaired) electrons. The van der Waals surface area contributed by atoms with Gasteiger partial charge in [-0.05, 0) is 119 Å². The van der Waals surface area contributed by atoms with Crippen LogP contribution in [0.2, 0.25) is 5.02 Å². The van der Waals surface area contributed by atoms with Gasteiger partial charge in [-0.2, -0.15) is 13.2 Å². The summed E-state index contributed by atoms with van der Waals surface area (Å²) in [6.07, 6.45) is 0.832. The Morgan fingerprint density at radius 3 is 1.89 bits per heavy atom. The number of amides is 12. The third-order valence-electron chi connectivity index (χ3n) is 21.4. The van der Waals surface area contributed by atoms with Crippen LogP contribution >= 0.6 is 11.6 Å². The molecule has 2 saturated carbocycles. The number of aryl methyl sites for hydroxylation is 2. The number of nitrogens with zero attached hydrogens (tertiary/aromatic N) is 9. The lowest BCUT2D eigenvalue weighted by Gasteiger charge is -2.42. The van der Waals surface area contributed by atoms with Crippen molar-refractivity contribution in [2.24, 2.45) is 17.8 Å². The predicted octanol–water partition coefficient (Wildman–Crippen LogP) is 5.78. The normalized spacial score (nSPS) is 25.8. The minimum absolute atomic E-state index is 0.0176. The van der Waals surface area contributed by atoms with E-state index >= 15 is 28.8 Å². The molecular weight excluding hydrogens is 1340 g/mol. The van der Waals surface area contributed by atoms with Gasteiger partial charge < -0.3 is 60.0 Å². The maximum atomic E-state index is 15.6. The first-order chi connectivity index (χ1) is 47.9. The summed E-state index contributed by atoms with van der Waals surface area (Å²) in [5.41, 5.74) is -0.117. The van der Waals surface area contributed by atoms with E-state index in [0.29, 0.717) is 49.7 Å². The highest BCUT2D eigenvalue weighted by Gasteiger charge is 2.52. The quantitative estimate of drug-likeness (QED) is 0.226. The van der Waals surface area contributed by atoms with Gasteiger partial charge in [0.05, 0.1) is 30.1 Å². The lowest BCUT2D eigenvalue weighted by molar-refractivity contribution is -0.156. The van der Waals surface area contributed by atoms with Crippen LogP contribution in [0.4, 0.5) is 13.2 Å². The van der Waals surface area contributed by atoms with Crippen molar-refractivity contribution in [3.05, 3.63) is 81.4 Å². The largest absolute Gasteiger partial charge is 0.417 e. The molecule has 562 valence electrons. The summed E-state index contributed by atoms with van der Waals surface area (Å²) in [6, 6.07) is 0.161. The topological polar surface area (TPSA) is 270 Å². The summed E-state index contributed by atoms with van der Waals surface area (Å²) in [7, 11) is 11.4. The van der Waals surface area contributed by atoms with Gasteiger partial charge in [-0.3, -0.25) is 57.5 Å². The van der Waals surface area contributed by atoms with Gasteiger partial charge in [-0.1, -0.05) is 119 Å². The summed E-state index contributed by atoms with van der Waals surface area (Å²) in [5, 5.41) is 8.13. The van der Waals surface area contributed by atoms with Gasteiger partial charge in [0.1, 0.15) is 53.9 Å². The zero-order chi connectivity index (χ0) is 75.6. The number of likely N-dealkylation sites (N-methyl/N-ethyl adjacent to an activating group) is 7. The van der Waals surface area contributed by atoms with E-state index in [-0.39, 0.29) is 75.9 Å². The van der Waals surface area contributed by atoms with Crippen molar-refractivity contribution in [3.8, 4) is 0 Å². The molecule has 28 heteroatoms. The molecule has 4 fully saturated rings. The van der Waals surface area contributed by atoms with Crippen LogP contribution in [-0.4, -0.2) is 251 Å². The molecule has 3 heterocycles. The molecule has 3 aliphatic heterocycles. The number of hydrogen-bond donors (Lipinski definition) is 3. The van der Waals surface area contributed by atoms with Crippen LogP contribution in [0.5, 0.6) is 0 Å². The molecule has 9 atom stereocenters. The molecule has 2 aromatic rings. The van der Waals surface area contributed by atoms with Gasteiger partial charge in [-0.25, -0.2) is 0 Å². The van der Waals surface area contributed by atoms with E-state index in [1.165, 1.54) is 96.7 Å². The number of rotatable bonds is 11. The Labute approximate surface area is 603 Å². The number of nitrogens with one attached hydrogen (secondary N) is 3. The molecule has 5 aliphatic rings. The fourth-order valence-electron chi connectivity index (χ4n) is 14.9. The minimum atomic E-state index is -4.77. The highest BCUT2D eigenvalue weighted by Crippen LogP contribution is 2.39. The van der Waals surface area contributed by atoms with Gasteiger partial charge in [0, 0.05) is 75.9 Å².